The molecule has 0 aliphatic heterocycles. The standard InChI is InChI=1S/C88H141N33O18S2/c1-48(69(124)117-64(43-49-25-30-54(122)31-26-49)77(132)114-61(21-11-39-106-86(98)99)74(129)113-62(22-12-41-108-88(102)139)76(131)120-67(46-140)80(135)116-63(82(137)138)23-13-40-107-87(100)101)109-71(126)57(17-4-6-34-89)111-72(127)58(18-5-7-35-90)112-73(128)60(20-10-38-105-85(96)97)115-78(133)65(44-50-27-32-55(123)33-28-50)119-81(136)68(47-141)121-79(134)66(45-51-24-29-52-14-2-3-15-53(52)42-51)118-75(130)59(19-9-37-104-84(94)95)110-70(125)56(91)16-8-36-103-83(92)93/h2-3,14-15,24-33,42,48,56-68,122-123,140-141H,4-13,16-23,34-41,43-47,89-91H2,1H3,(H,109,126)(H,110,125)(H,111,127)(H,112,128)(H,113,129)(H,114,132)(H,115,133)(H,116,135)(H,117,124)(H,118,130)(H,119,136)(H,120,131)(H,121,134)(H,137,138)(H4,92,93,103)(H4,94,95,104)(H4,96,97,105)(H4,98,99,106)(H4,100,101,107)(H3,102,108,139)/t48-,56-,57+,58-,59-,60-,61-,62-,63-,64-,65-,66-,67-,68-/m0/s1. The van der Waals surface area contributed by atoms with Gasteiger partial charge in [-0.05, 0) is 187 Å². The fourth-order valence-corrected chi connectivity index (χ4v) is 14.7. The molecular formula is C88H141N33O18S2. The molecule has 15 amide bonds. The van der Waals surface area contributed by atoms with Gasteiger partial charge >= 0.3 is 12.0 Å². The van der Waals surface area contributed by atoms with Crippen LogP contribution in [-0.2, 0) is 86.4 Å². The first-order valence-electron chi connectivity index (χ1n) is 46.1. The Labute approximate surface area is 826 Å². The number of phenolic OH excluding ortho intramolecular Hbond substituents is 2. The molecule has 4 rings (SSSR count). The number of benzene rings is 4. The maximum Gasteiger partial charge on any atom is 0.326 e. The van der Waals surface area contributed by atoms with Gasteiger partial charge in [-0.15, -0.1) is 0 Å². The van der Waals surface area contributed by atoms with Crippen molar-refractivity contribution in [3.63, 3.8) is 0 Å². The number of phenols is 2. The second-order valence-electron chi connectivity index (χ2n) is 33.3. The SMILES string of the molecule is C[C@H](NC(=O)[C@@H](CCCCN)NC(=O)[C@H](CCCCN)NC(=O)[C@H](CCCNC(=N)N)NC(=O)[C@H](Cc1ccc(O)cc1)NC(=O)[C@H](CS)NC(=O)[C@H](Cc1ccc2ccccc2c1)NC(=O)[C@H](CCCNC(=N)N)NC(=O)[C@@H](N)CCCNC(=N)N)C(=O)N[C@@H](Cc1ccc(O)cc1)C(=O)N[C@@H](CCCNC(=N)N)C(=O)N[C@@H](CCCNC(N)=O)C(=O)N[C@@H](CS)C(=O)N[C@@H](CCCNC(=N)N)C(=O)O. The van der Waals surface area contributed by atoms with Crippen LogP contribution in [0.25, 0.3) is 10.8 Å². The maximum atomic E-state index is 15.2. The topological polar surface area (TPSA) is 899 Å². The summed E-state index contributed by atoms with van der Waals surface area (Å²) in [6, 6.07) is 1.51. The van der Waals surface area contributed by atoms with E-state index in [2.05, 4.69) is 126 Å². The summed E-state index contributed by atoms with van der Waals surface area (Å²) in [4.78, 5) is 214. The largest absolute Gasteiger partial charge is 0.508 e. The van der Waals surface area contributed by atoms with Crippen LogP contribution >= 0.6 is 25.3 Å². The number of rotatable bonds is 67. The Bertz CT molecular complexity index is 4840. The molecule has 4 aromatic rings. The maximum absolute atomic E-state index is 15.2. The van der Waals surface area contributed by atoms with E-state index in [1.807, 2.05) is 18.2 Å². The monoisotopic (exact) mass is 2010 g/mol. The summed E-state index contributed by atoms with van der Waals surface area (Å²) in [5, 5.41) is 119. The highest BCUT2D eigenvalue weighted by atomic mass is 32.1. The number of carbonyl (C=O) groups excluding carboxylic acids is 14. The molecule has 0 aromatic heterocycles. The minimum atomic E-state index is -1.64. The summed E-state index contributed by atoms with van der Waals surface area (Å²) in [6.07, 6.45) is -0.405. The molecule has 141 heavy (non-hydrogen) atoms. The normalized spacial score (nSPS) is 13.9. The van der Waals surface area contributed by atoms with Crippen LogP contribution in [0.2, 0.25) is 0 Å². The van der Waals surface area contributed by atoms with Crippen molar-refractivity contribution in [1.29, 1.82) is 27.0 Å². The van der Waals surface area contributed by atoms with E-state index in [-0.39, 0.29) is 197 Å². The molecule has 0 saturated carbocycles. The molecule has 51 nitrogen and oxygen atoms in total. The molecule has 53 heteroatoms. The molecule has 0 fully saturated rings. The molecule has 0 heterocycles. The molecule has 0 radical (unpaired) electrons. The minimum absolute atomic E-state index is 0.00283. The van der Waals surface area contributed by atoms with Gasteiger partial charge < -0.3 is 168 Å². The summed E-state index contributed by atoms with van der Waals surface area (Å²) >= 11 is 8.66. The zero-order valence-electron chi connectivity index (χ0n) is 78.7. The van der Waals surface area contributed by atoms with E-state index in [0.29, 0.717) is 36.0 Å². The number of fused-ring (bicyclic) bond motifs is 1. The van der Waals surface area contributed by atoms with Gasteiger partial charge in [-0.3, -0.25) is 89.4 Å². The van der Waals surface area contributed by atoms with Gasteiger partial charge in [0.25, 0.3) is 0 Å². The van der Waals surface area contributed by atoms with Crippen LogP contribution < -0.4 is 153 Å². The lowest BCUT2D eigenvalue weighted by atomic mass is 10.00. The van der Waals surface area contributed by atoms with Crippen molar-refractivity contribution < 1.29 is 87.2 Å². The van der Waals surface area contributed by atoms with Gasteiger partial charge in [-0.25, -0.2) is 9.59 Å². The lowest BCUT2D eigenvalue weighted by molar-refractivity contribution is -0.142. The Morgan fingerprint density at radius 3 is 0.879 bits per heavy atom. The quantitative estimate of drug-likeness (QED) is 0.00845. The molecule has 45 N–H and O–H groups in total. The van der Waals surface area contributed by atoms with Gasteiger partial charge in [0.15, 0.2) is 29.8 Å². The van der Waals surface area contributed by atoms with Gasteiger partial charge in [0.1, 0.15) is 90.0 Å². The number of carbonyl (C=O) groups is 15. The highest BCUT2D eigenvalue weighted by Crippen LogP contribution is 2.20. The fraction of sp³-hybridized carbons (Fsp3) is 0.523. The van der Waals surface area contributed by atoms with Crippen molar-refractivity contribution in [2.24, 2.45) is 51.6 Å². The molecule has 0 aliphatic carbocycles. The molecule has 0 unspecified atom stereocenters. The Hall–Kier alpha value is -14.5. The Morgan fingerprint density at radius 1 is 0.298 bits per heavy atom. The van der Waals surface area contributed by atoms with Crippen LogP contribution in [0.3, 0.4) is 0 Å². The predicted molar refractivity (Wildman–Crippen MR) is 534 cm³/mol. The summed E-state index contributed by atoms with van der Waals surface area (Å²) < 4.78 is 0. The van der Waals surface area contributed by atoms with E-state index in [0.717, 1.165) is 10.8 Å². The van der Waals surface area contributed by atoms with E-state index in [1.54, 1.807) is 24.3 Å². The highest BCUT2D eigenvalue weighted by Gasteiger charge is 2.39. The first-order valence-corrected chi connectivity index (χ1v) is 47.3. The summed E-state index contributed by atoms with van der Waals surface area (Å²) in [6.45, 7) is 1.70. The minimum Gasteiger partial charge on any atom is -0.508 e. The number of amides is 15. The number of hydrogen-bond donors (Lipinski definition) is 38. The van der Waals surface area contributed by atoms with E-state index >= 15 is 9.59 Å². The van der Waals surface area contributed by atoms with Crippen LogP contribution in [0.15, 0.2) is 91.0 Å². The number of nitrogens with one attached hydrogen (secondary N) is 24. The summed E-state index contributed by atoms with van der Waals surface area (Å²) in [5.41, 5.74) is 52.1. The molecule has 0 bridgehead atoms. The average Bonchev–Trinajstić information content (AvgIpc) is 0.803. The number of aliphatic carboxylic acids is 1. The third-order valence-electron chi connectivity index (χ3n) is 21.8. The van der Waals surface area contributed by atoms with Gasteiger partial charge in [-0.1, -0.05) is 66.7 Å². The number of unbranched alkanes of at least 4 members (excludes halogenated alkanes) is 2. The van der Waals surface area contributed by atoms with Crippen LogP contribution in [0.1, 0.15) is 139 Å². The number of nitrogens with two attached hydrogens (primary N) is 9. The number of aromatic hydroxyl groups is 2. The van der Waals surface area contributed by atoms with Crippen molar-refractivity contribution in [2.75, 3.05) is 63.9 Å². The average molecular weight is 2010 g/mol. The number of carboxylic acid groups (broad SMARTS) is 1. The number of carboxylic acids is 1. The molecule has 0 saturated heterocycles. The smallest absolute Gasteiger partial charge is 0.326 e. The van der Waals surface area contributed by atoms with Crippen molar-refractivity contribution >= 4 is 155 Å². The first-order chi connectivity index (χ1) is 67.0. The van der Waals surface area contributed by atoms with E-state index in [1.165, 1.54) is 55.5 Å². The molecule has 0 spiro atoms. The highest BCUT2D eigenvalue weighted by molar-refractivity contribution is 7.80. The van der Waals surface area contributed by atoms with Crippen molar-refractivity contribution in [1.82, 2.24) is 101 Å². The second-order valence-corrected chi connectivity index (χ2v) is 34.0. The van der Waals surface area contributed by atoms with Crippen LogP contribution in [0.5, 0.6) is 11.5 Å². The molecule has 778 valence electrons. The van der Waals surface area contributed by atoms with E-state index in [4.69, 9.17) is 78.6 Å². The Morgan fingerprint density at radius 2 is 0.553 bits per heavy atom. The van der Waals surface area contributed by atoms with Gasteiger partial charge in [-0.2, -0.15) is 25.3 Å². The molecule has 4 aromatic carbocycles. The Balaban J connectivity index is 1.70. The number of thiol groups is 2. The van der Waals surface area contributed by atoms with Crippen LogP contribution in [0.4, 0.5) is 4.79 Å². The Kier molecular flexibility index (Phi) is 54.5. The number of guanidine groups is 5. The lowest BCUT2D eigenvalue weighted by Crippen LogP contribution is -2.61. The number of hydrogen-bond acceptors (Lipinski definition) is 27. The third-order valence-corrected chi connectivity index (χ3v) is 22.6. The van der Waals surface area contributed by atoms with Crippen molar-refractivity contribution in [3.05, 3.63) is 108 Å². The van der Waals surface area contributed by atoms with Crippen molar-refractivity contribution in [2.45, 2.75) is 226 Å². The van der Waals surface area contributed by atoms with Crippen LogP contribution in [0, 0.1) is 27.0 Å². The molecule has 0 aliphatic rings. The van der Waals surface area contributed by atoms with Gasteiger partial charge in [0.05, 0.1) is 6.04 Å². The van der Waals surface area contributed by atoms with Gasteiger partial charge in [0, 0.05) is 70.0 Å². The van der Waals surface area contributed by atoms with E-state index < -0.39 is 197 Å². The zero-order chi connectivity index (χ0) is 105. The number of urea groups is 1. The van der Waals surface area contributed by atoms with Crippen LogP contribution in [-0.4, -0.2) is 282 Å². The van der Waals surface area contributed by atoms with E-state index in [9.17, 15) is 77.6 Å². The summed E-state index contributed by atoms with van der Waals surface area (Å²) in [5.74, 6) is -17.0. The zero-order valence-corrected chi connectivity index (χ0v) is 80.5. The number of primary amides is 1. The molecular weight excluding hydrogens is 1870 g/mol. The third kappa shape index (κ3) is 47.2. The predicted octanol–water partition coefficient (Wildman–Crippen LogP) is -7.10. The van der Waals surface area contributed by atoms with Crippen molar-refractivity contribution in [3.8, 4) is 11.5 Å². The molecule has 14 atom stereocenters. The summed E-state index contributed by atoms with van der Waals surface area (Å²) in [7, 11) is 0. The first kappa shape index (κ1) is 119. The second kappa shape index (κ2) is 64.6. The lowest BCUT2D eigenvalue weighted by Gasteiger charge is -2.28. The van der Waals surface area contributed by atoms with Gasteiger partial charge in [0.2, 0.25) is 76.8 Å². The fourth-order valence-electron chi connectivity index (χ4n) is 14.2.